The molecule has 3 heteroatoms. The molecule has 2 aliphatic rings. The summed E-state index contributed by atoms with van der Waals surface area (Å²) in [6, 6.07) is 0. The van der Waals surface area contributed by atoms with E-state index in [1.165, 1.54) is 25.7 Å². The Morgan fingerprint density at radius 3 is 2.62 bits per heavy atom. The first-order chi connectivity index (χ1) is 6.36. The maximum Gasteiger partial charge on any atom is 0.183 e. The van der Waals surface area contributed by atoms with Crippen LogP contribution >= 0.6 is 0 Å². The van der Waals surface area contributed by atoms with Crippen LogP contribution in [0.3, 0.4) is 0 Å². The van der Waals surface area contributed by atoms with Crippen molar-refractivity contribution < 1.29 is 14.6 Å². The minimum atomic E-state index is -0.401. The highest BCUT2D eigenvalue weighted by Gasteiger charge is 2.28. The van der Waals surface area contributed by atoms with Gasteiger partial charge in [-0.3, -0.25) is 0 Å². The molecule has 0 aromatic carbocycles. The Morgan fingerprint density at radius 2 is 2.00 bits per heavy atom. The van der Waals surface area contributed by atoms with E-state index in [9.17, 15) is 5.11 Å². The fraction of sp³-hybridized carbons (Fsp3) is 1.00. The third-order valence-corrected chi connectivity index (χ3v) is 2.98. The van der Waals surface area contributed by atoms with Crippen LogP contribution in [0.5, 0.6) is 0 Å². The van der Waals surface area contributed by atoms with Gasteiger partial charge in [0.05, 0.1) is 13.2 Å². The number of hydrogen-bond acceptors (Lipinski definition) is 3. The molecular formula is C10H18O3. The Labute approximate surface area is 79.0 Å². The first-order valence-electron chi connectivity index (χ1n) is 5.27. The molecule has 0 aromatic rings. The fourth-order valence-electron chi connectivity index (χ4n) is 2.12. The Kier molecular flexibility index (Phi) is 3.19. The van der Waals surface area contributed by atoms with Crippen LogP contribution in [0, 0.1) is 5.92 Å². The summed E-state index contributed by atoms with van der Waals surface area (Å²) in [5, 5.41) is 9.41. The van der Waals surface area contributed by atoms with Gasteiger partial charge in [0.1, 0.15) is 6.10 Å². The monoisotopic (exact) mass is 186 g/mol. The summed E-state index contributed by atoms with van der Waals surface area (Å²) in [7, 11) is 0. The number of hydrogen-bond donors (Lipinski definition) is 1. The van der Waals surface area contributed by atoms with Gasteiger partial charge < -0.3 is 14.6 Å². The Balaban J connectivity index is 1.66. The summed E-state index contributed by atoms with van der Waals surface area (Å²) in [5.74, 6) is 0.705. The van der Waals surface area contributed by atoms with Crippen LogP contribution in [-0.4, -0.2) is 30.7 Å². The first-order valence-corrected chi connectivity index (χ1v) is 5.27. The molecule has 1 saturated heterocycles. The van der Waals surface area contributed by atoms with E-state index < -0.39 is 6.10 Å². The van der Waals surface area contributed by atoms with Gasteiger partial charge in [0, 0.05) is 6.42 Å². The average Bonchev–Trinajstić information content (AvgIpc) is 2.72. The summed E-state index contributed by atoms with van der Waals surface area (Å²) >= 11 is 0. The van der Waals surface area contributed by atoms with E-state index in [0.717, 1.165) is 13.0 Å². The van der Waals surface area contributed by atoms with E-state index in [0.29, 0.717) is 12.5 Å². The van der Waals surface area contributed by atoms with E-state index >= 15 is 0 Å². The maximum atomic E-state index is 9.41. The van der Waals surface area contributed by atoms with Gasteiger partial charge in [0.2, 0.25) is 0 Å². The lowest BCUT2D eigenvalue weighted by atomic mass is 10.1. The van der Waals surface area contributed by atoms with E-state index in [1.807, 2.05) is 0 Å². The van der Waals surface area contributed by atoms with Crippen molar-refractivity contribution in [3.8, 4) is 0 Å². The van der Waals surface area contributed by atoms with Gasteiger partial charge in [0.25, 0.3) is 0 Å². The van der Waals surface area contributed by atoms with Crippen LogP contribution in [0.25, 0.3) is 0 Å². The molecule has 0 aromatic heterocycles. The molecule has 13 heavy (non-hydrogen) atoms. The molecule has 2 fully saturated rings. The van der Waals surface area contributed by atoms with Crippen molar-refractivity contribution >= 4 is 0 Å². The summed E-state index contributed by atoms with van der Waals surface area (Å²) in [4.78, 5) is 0. The van der Waals surface area contributed by atoms with Gasteiger partial charge in [-0.1, -0.05) is 12.8 Å². The topological polar surface area (TPSA) is 38.7 Å². The Morgan fingerprint density at radius 1 is 1.23 bits per heavy atom. The van der Waals surface area contributed by atoms with Gasteiger partial charge in [-0.25, -0.2) is 0 Å². The van der Waals surface area contributed by atoms with Crippen LogP contribution in [0.2, 0.25) is 0 Å². The summed E-state index contributed by atoms with van der Waals surface area (Å²) < 4.78 is 10.8. The number of ether oxygens (including phenoxy) is 2. The second kappa shape index (κ2) is 4.40. The average molecular weight is 186 g/mol. The van der Waals surface area contributed by atoms with Crippen LogP contribution in [0.15, 0.2) is 0 Å². The second-order valence-corrected chi connectivity index (χ2v) is 4.08. The molecule has 3 nitrogen and oxygen atoms in total. The standard InChI is InChI=1S/C10H18O3/c11-9-5-6-12-10(9)13-7-8-3-1-2-4-8/h8-11H,1-7H2. The lowest BCUT2D eigenvalue weighted by Crippen LogP contribution is -2.26. The molecule has 0 radical (unpaired) electrons. The van der Waals surface area contributed by atoms with Crippen molar-refractivity contribution in [1.29, 1.82) is 0 Å². The van der Waals surface area contributed by atoms with Crippen molar-refractivity contribution in [3.63, 3.8) is 0 Å². The normalized spacial score (nSPS) is 35.8. The van der Waals surface area contributed by atoms with Gasteiger partial charge in [-0.05, 0) is 18.8 Å². The van der Waals surface area contributed by atoms with Crippen LogP contribution in [0.1, 0.15) is 32.1 Å². The molecule has 1 aliphatic heterocycles. The highest BCUT2D eigenvalue weighted by atomic mass is 16.7. The quantitative estimate of drug-likeness (QED) is 0.722. The van der Waals surface area contributed by atoms with Gasteiger partial charge in [0.15, 0.2) is 6.29 Å². The van der Waals surface area contributed by atoms with E-state index in [4.69, 9.17) is 9.47 Å². The third kappa shape index (κ3) is 2.42. The predicted molar refractivity (Wildman–Crippen MR) is 48.3 cm³/mol. The molecule has 0 spiro atoms. The summed E-state index contributed by atoms with van der Waals surface area (Å²) in [5.41, 5.74) is 0. The minimum Gasteiger partial charge on any atom is -0.388 e. The zero-order valence-corrected chi connectivity index (χ0v) is 7.95. The number of aliphatic hydroxyl groups excluding tert-OH is 1. The van der Waals surface area contributed by atoms with E-state index in [-0.39, 0.29) is 6.29 Å². The van der Waals surface area contributed by atoms with Crippen LogP contribution in [-0.2, 0) is 9.47 Å². The van der Waals surface area contributed by atoms with Crippen molar-refractivity contribution in [1.82, 2.24) is 0 Å². The lowest BCUT2D eigenvalue weighted by Gasteiger charge is -2.17. The fourth-order valence-corrected chi connectivity index (χ4v) is 2.12. The molecule has 0 bridgehead atoms. The second-order valence-electron chi connectivity index (χ2n) is 4.08. The SMILES string of the molecule is OC1CCOC1OCC1CCCC1. The molecule has 0 amide bonds. The third-order valence-electron chi connectivity index (χ3n) is 2.98. The molecule has 1 heterocycles. The van der Waals surface area contributed by atoms with Crippen molar-refractivity contribution in [2.45, 2.75) is 44.5 Å². The Hall–Kier alpha value is -0.120. The molecular weight excluding hydrogens is 168 g/mol. The maximum absolute atomic E-state index is 9.41. The van der Waals surface area contributed by atoms with Gasteiger partial charge in [-0.2, -0.15) is 0 Å². The van der Waals surface area contributed by atoms with Crippen LogP contribution in [0.4, 0.5) is 0 Å². The van der Waals surface area contributed by atoms with Crippen LogP contribution < -0.4 is 0 Å². The lowest BCUT2D eigenvalue weighted by molar-refractivity contribution is -0.157. The Bertz CT molecular complexity index is 154. The highest BCUT2D eigenvalue weighted by Crippen LogP contribution is 2.26. The molecule has 1 aliphatic carbocycles. The van der Waals surface area contributed by atoms with E-state index in [1.54, 1.807) is 0 Å². The predicted octanol–water partition coefficient (Wildman–Crippen LogP) is 1.30. The smallest absolute Gasteiger partial charge is 0.183 e. The van der Waals surface area contributed by atoms with Crippen molar-refractivity contribution in [2.75, 3.05) is 13.2 Å². The number of aliphatic hydroxyl groups is 1. The largest absolute Gasteiger partial charge is 0.388 e. The summed E-state index contributed by atoms with van der Waals surface area (Å²) in [6.45, 7) is 1.40. The molecule has 1 saturated carbocycles. The zero-order valence-electron chi connectivity index (χ0n) is 7.95. The minimum absolute atomic E-state index is 0.347. The highest BCUT2D eigenvalue weighted by molar-refractivity contribution is 4.70. The van der Waals surface area contributed by atoms with E-state index in [2.05, 4.69) is 0 Å². The zero-order chi connectivity index (χ0) is 9.10. The number of rotatable bonds is 3. The molecule has 2 unspecified atom stereocenters. The molecule has 76 valence electrons. The molecule has 1 N–H and O–H groups in total. The van der Waals surface area contributed by atoms with Crippen molar-refractivity contribution in [2.24, 2.45) is 5.92 Å². The van der Waals surface area contributed by atoms with Gasteiger partial charge >= 0.3 is 0 Å². The van der Waals surface area contributed by atoms with Gasteiger partial charge in [-0.15, -0.1) is 0 Å². The summed E-state index contributed by atoms with van der Waals surface area (Å²) in [6.07, 6.45) is 5.20. The molecule has 2 atom stereocenters. The molecule has 2 rings (SSSR count). The first kappa shape index (κ1) is 9.44. The van der Waals surface area contributed by atoms with Crippen molar-refractivity contribution in [3.05, 3.63) is 0 Å².